The molecule has 2 atom stereocenters. The van der Waals surface area contributed by atoms with Crippen LogP contribution >= 0.6 is 0 Å². The lowest BCUT2D eigenvalue weighted by molar-refractivity contribution is 0.485. The third-order valence-electron chi connectivity index (χ3n) is 12.8. The first-order chi connectivity index (χ1) is 23.4. The quantitative estimate of drug-likeness (QED) is 0.189. The van der Waals surface area contributed by atoms with E-state index in [1.165, 1.54) is 72.5 Å². The zero-order valence-electron chi connectivity index (χ0n) is 29.7. The monoisotopic (exact) mass is 633 g/mol. The van der Waals surface area contributed by atoms with Crippen LogP contribution in [0.5, 0.6) is 5.75 Å². The van der Waals surface area contributed by atoms with Gasteiger partial charge in [-0.05, 0) is 132 Å². The first kappa shape index (κ1) is 30.1. The molecule has 5 aromatic carbocycles. The van der Waals surface area contributed by atoms with E-state index in [1.54, 1.807) is 0 Å². The van der Waals surface area contributed by atoms with Crippen LogP contribution in [0.1, 0.15) is 89.2 Å². The number of phenols is 1. The van der Waals surface area contributed by atoms with Crippen molar-refractivity contribution in [3.05, 3.63) is 152 Å². The molecule has 1 spiro atoms. The zero-order chi connectivity index (χ0) is 34.4. The van der Waals surface area contributed by atoms with Gasteiger partial charge in [-0.1, -0.05) is 85.8 Å². The van der Waals surface area contributed by atoms with Crippen molar-refractivity contribution in [2.24, 2.45) is 0 Å². The molecule has 9 rings (SSSR count). The van der Waals surface area contributed by atoms with Crippen molar-refractivity contribution in [3.63, 3.8) is 0 Å². The van der Waals surface area contributed by atoms with Crippen molar-refractivity contribution in [2.45, 2.75) is 66.7 Å². The molecule has 3 heteroatoms. The average Bonchev–Trinajstić information content (AvgIpc) is 3.63. The van der Waals surface area contributed by atoms with Gasteiger partial charge in [0.15, 0.2) is 0 Å². The summed E-state index contributed by atoms with van der Waals surface area (Å²) >= 11 is 0. The Morgan fingerprint density at radius 2 is 1.43 bits per heavy atom. The second-order valence-corrected chi connectivity index (χ2v) is 14.7. The van der Waals surface area contributed by atoms with E-state index in [-0.39, 0.29) is 11.7 Å². The molecule has 0 amide bonds. The van der Waals surface area contributed by atoms with E-state index in [0.717, 1.165) is 44.1 Å². The molecule has 0 saturated carbocycles. The molecule has 0 fully saturated rings. The summed E-state index contributed by atoms with van der Waals surface area (Å²) in [6, 6.07) is 24.6. The van der Waals surface area contributed by atoms with E-state index in [4.69, 9.17) is 7.85 Å². The van der Waals surface area contributed by atoms with Gasteiger partial charge in [0.1, 0.15) is 13.6 Å². The molecule has 0 bridgehead atoms. The maximum atomic E-state index is 12.3. The summed E-state index contributed by atoms with van der Waals surface area (Å²) in [5.41, 5.74) is 22.3. The van der Waals surface area contributed by atoms with Gasteiger partial charge >= 0.3 is 0 Å². The summed E-state index contributed by atoms with van der Waals surface area (Å²) in [6.07, 6.45) is 2.15. The Kier molecular flexibility index (Phi) is 6.01. The topological polar surface area (TPSA) is 25.2 Å². The molecule has 49 heavy (non-hydrogen) atoms. The number of aromatic hydroxyl groups is 1. The van der Waals surface area contributed by atoms with Crippen LogP contribution in [-0.4, -0.2) is 17.5 Å². The molecule has 3 aliphatic rings. The van der Waals surface area contributed by atoms with Crippen LogP contribution in [0.3, 0.4) is 0 Å². The number of hydrogen-bond acceptors (Lipinski definition) is 1. The smallest absolute Gasteiger partial charge is 0.119 e. The Hall–Kier alpha value is -5.02. The molecule has 2 radical (unpaired) electrons. The van der Waals surface area contributed by atoms with E-state index < -0.39 is 5.41 Å². The second kappa shape index (κ2) is 9.79. The predicted octanol–water partition coefficient (Wildman–Crippen LogP) is 10.6. The van der Waals surface area contributed by atoms with E-state index in [2.05, 4.69) is 139 Å². The standard InChI is InChI=1S/C46H40BNO/c1-22-21-23(2)36-41-44-39(45(49)42(36)47)37-27(6)25(4)26(5)28(7)43(37)48(44)35-20-14-18-33-38-32(29(8)31-15-11-10-12-16-31)17-13-19-34(38)46(41,40(33)35)30(9)24(22)3/h10-21,29,49H,2H2,1,3-9H3/b22-21-,30-24-. The zero-order valence-corrected chi connectivity index (χ0v) is 29.7. The highest BCUT2D eigenvalue weighted by Crippen LogP contribution is 2.66. The third-order valence-corrected chi connectivity index (χ3v) is 12.8. The van der Waals surface area contributed by atoms with Crippen LogP contribution in [0.4, 0.5) is 0 Å². The lowest BCUT2D eigenvalue weighted by atomic mass is 9.60. The first-order valence-corrected chi connectivity index (χ1v) is 17.4. The van der Waals surface area contributed by atoms with E-state index in [1.807, 2.05) is 0 Å². The summed E-state index contributed by atoms with van der Waals surface area (Å²) in [7, 11) is 7.21. The predicted molar refractivity (Wildman–Crippen MR) is 207 cm³/mol. The molecule has 0 saturated heterocycles. The maximum Gasteiger partial charge on any atom is 0.119 e. The molecule has 2 heterocycles. The molecule has 2 nitrogen and oxygen atoms in total. The second-order valence-electron chi connectivity index (χ2n) is 14.7. The number of hydrogen-bond donors (Lipinski definition) is 1. The summed E-state index contributed by atoms with van der Waals surface area (Å²) in [5, 5.41) is 14.2. The highest BCUT2D eigenvalue weighted by Gasteiger charge is 2.55. The minimum atomic E-state index is -0.651. The van der Waals surface area contributed by atoms with Gasteiger partial charge in [0, 0.05) is 27.8 Å². The van der Waals surface area contributed by atoms with Gasteiger partial charge in [-0.15, -0.1) is 0 Å². The lowest BCUT2D eigenvalue weighted by Gasteiger charge is -2.43. The Bertz CT molecular complexity index is 2610. The molecule has 1 aliphatic heterocycles. The Balaban J connectivity index is 1.61. The van der Waals surface area contributed by atoms with Crippen LogP contribution in [-0.2, 0) is 5.41 Å². The van der Waals surface area contributed by atoms with Gasteiger partial charge in [-0.25, -0.2) is 0 Å². The van der Waals surface area contributed by atoms with Crippen molar-refractivity contribution in [3.8, 4) is 22.6 Å². The highest BCUT2D eigenvalue weighted by atomic mass is 16.3. The van der Waals surface area contributed by atoms with Crippen molar-refractivity contribution < 1.29 is 5.11 Å². The number of benzene rings is 5. The molecule has 2 aliphatic carbocycles. The number of nitrogens with zero attached hydrogens (tertiary/aromatic N) is 1. The van der Waals surface area contributed by atoms with Crippen molar-refractivity contribution in [1.82, 2.24) is 4.57 Å². The van der Waals surface area contributed by atoms with Crippen LogP contribution in [0, 0.1) is 27.7 Å². The maximum absolute atomic E-state index is 12.3. The van der Waals surface area contributed by atoms with Crippen LogP contribution in [0.2, 0.25) is 0 Å². The Morgan fingerprint density at radius 1 is 0.735 bits per heavy atom. The van der Waals surface area contributed by atoms with Gasteiger partial charge in [0.05, 0.1) is 22.1 Å². The minimum absolute atomic E-state index is 0.147. The van der Waals surface area contributed by atoms with Crippen molar-refractivity contribution in [2.75, 3.05) is 0 Å². The van der Waals surface area contributed by atoms with Gasteiger partial charge in [0.2, 0.25) is 0 Å². The number of rotatable bonds is 2. The lowest BCUT2D eigenvalue weighted by Crippen LogP contribution is -2.37. The Morgan fingerprint density at radius 3 is 2.16 bits per heavy atom. The molecular weight excluding hydrogens is 593 g/mol. The fourth-order valence-corrected chi connectivity index (χ4v) is 9.92. The number of phenolic OH excluding ortho intramolecular Hbond substituents is 1. The van der Waals surface area contributed by atoms with Crippen LogP contribution < -0.4 is 5.46 Å². The number of aromatic nitrogens is 1. The van der Waals surface area contributed by atoms with Gasteiger partial charge in [-0.2, -0.15) is 0 Å². The highest BCUT2D eigenvalue weighted by molar-refractivity contribution is 6.40. The summed E-state index contributed by atoms with van der Waals surface area (Å²) in [5.74, 6) is 0.326. The number of allylic oxidation sites excluding steroid dienone is 5. The van der Waals surface area contributed by atoms with Gasteiger partial charge in [0.25, 0.3) is 0 Å². The van der Waals surface area contributed by atoms with E-state index in [9.17, 15) is 5.11 Å². The normalized spacial score (nSPS) is 20.6. The van der Waals surface area contributed by atoms with E-state index >= 15 is 0 Å². The number of aryl methyl sites for hydroxylation is 2. The largest absolute Gasteiger partial charge is 0.508 e. The molecule has 1 N–H and O–H groups in total. The van der Waals surface area contributed by atoms with Crippen molar-refractivity contribution >= 4 is 40.7 Å². The minimum Gasteiger partial charge on any atom is -0.508 e. The van der Waals surface area contributed by atoms with Crippen LogP contribution in [0.25, 0.3) is 44.2 Å². The average molecular weight is 634 g/mol. The summed E-state index contributed by atoms with van der Waals surface area (Å²) in [4.78, 5) is 0. The molecular formula is C46H40BNO. The molecule has 2 unspecified atom stereocenters. The molecule has 6 aromatic rings. The van der Waals surface area contributed by atoms with Crippen molar-refractivity contribution in [1.29, 1.82) is 0 Å². The van der Waals surface area contributed by atoms with Gasteiger partial charge < -0.3 is 9.67 Å². The van der Waals surface area contributed by atoms with Crippen LogP contribution in [0.15, 0.2) is 96.1 Å². The fourth-order valence-electron chi connectivity index (χ4n) is 9.92. The molecule has 238 valence electrons. The first-order valence-electron chi connectivity index (χ1n) is 17.4. The van der Waals surface area contributed by atoms with Gasteiger partial charge in [-0.3, -0.25) is 0 Å². The summed E-state index contributed by atoms with van der Waals surface area (Å²) < 4.78 is 2.47. The molecule has 1 aromatic heterocycles. The number of fused-ring (bicyclic) bond motifs is 6. The summed E-state index contributed by atoms with van der Waals surface area (Å²) in [6.45, 7) is 22.6. The Labute approximate surface area is 290 Å². The van der Waals surface area contributed by atoms with E-state index in [0.29, 0.717) is 5.46 Å². The fraction of sp³-hybridized carbons (Fsp3) is 0.217. The SMILES string of the molecule is [B]c1c2c3c4c(c1O)c1c(C)c(C)c(C)c(C)c1n4-c1cccc4c1C3(/C(C)=C(C)\C(C)=C/C2=C)c1cccc(C(C)c2ccccc2)c1-4. The third kappa shape index (κ3) is 3.34.